The fraction of sp³-hybridized carbons (Fsp3) is 0.692. The molecule has 0 amide bonds. The minimum absolute atomic E-state index is 0.159. The highest BCUT2D eigenvalue weighted by Crippen LogP contribution is 2.74. The molecule has 0 aliphatic heterocycles. The second-order valence-electron chi connectivity index (χ2n) is 4.95. The number of terminal acetylenes is 1. The normalized spacial score (nSPS) is 40.0. The van der Waals surface area contributed by atoms with Gasteiger partial charge in [0, 0.05) is 35.5 Å². The SMILES string of the molecule is C#CC[C@@H](O)[C@H]1C[C@@]2(Br)C(Br)=C(Br)[C@]1(Br)C2(OC)OC. The predicted octanol–water partition coefficient (Wildman–Crippen LogP) is 3.66. The molecule has 1 N–H and O–H groups in total. The lowest BCUT2D eigenvalue weighted by molar-refractivity contribution is -0.214. The van der Waals surface area contributed by atoms with Gasteiger partial charge in [-0.05, 0) is 6.42 Å². The maximum Gasteiger partial charge on any atom is 0.208 e. The molecule has 7 heteroatoms. The minimum atomic E-state index is -0.988. The van der Waals surface area contributed by atoms with E-state index < -0.39 is 20.5 Å². The van der Waals surface area contributed by atoms with Crippen molar-refractivity contribution in [3.05, 3.63) is 8.96 Å². The lowest BCUT2D eigenvalue weighted by Crippen LogP contribution is -2.57. The summed E-state index contributed by atoms with van der Waals surface area (Å²) < 4.78 is 12.0. The van der Waals surface area contributed by atoms with Crippen LogP contribution in [0.4, 0.5) is 0 Å². The van der Waals surface area contributed by atoms with Crippen LogP contribution in [0.3, 0.4) is 0 Å². The molecular formula is C13H14Br4O3. The molecular weight excluding hydrogens is 524 g/mol. The topological polar surface area (TPSA) is 38.7 Å². The summed E-state index contributed by atoms with van der Waals surface area (Å²) >= 11 is 14.7. The first-order chi connectivity index (χ1) is 9.26. The predicted molar refractivity (Wildman–Crippen MR) is 92.5 cm³/mol. The van der Waals surface area contributed by atoms with Gasteiger partial charge in [0.25, 0.3) is 0 Å². The van der Waals surface area contributed by atoms with Crippen LogP contribution in [0.15, 0.2) is 8.96 Å². The fourth-order valence-electron chi connectivity index (χ4n) is 3.35. The first kappa shape index (κ1) is 17.5. The second kappa shape index (κ2) is 5.63. The van der Waals surface area contributed by atoms with Crippen molar-refractivity contribution < 1.29 is 14.6 Å². The van der Waals surface area contributed by atoms with E-state index in [4.69, 9.17) is 15.9 Å². The van der Waals surface area contributed by atoms with Gasteiger partial charge >= 0.3 is 0 Å². The van der Waals surface area contributed by atoms with Gasteiger partial charge in [-0.25, -0.2) is 0 Å². The molecule has 4 atom stereocenters. The van der Waals surface area contributed by atoms with Crippen LogP contribution in [0, 0.1) is 18.3 Å². The van der Waals surface area contributed by atoms with Crippen molar-refractivity contribution >= 4 is 63.7 Å². The average molecular weight is 538 g/mol. The van der Waals surface area contributed by atoms with Crippen molar-refractivity contribution in [2.24, 2.45) is 5.92 Å². The Kier molecular flexibility index (Phi) is 4.91. The van der Waals surface area contributed by atoms with Gasteiger partial charge < -0.3 is 14.6 Å². The van der Waals surface area contributed by atoms with Gasteiger partial charge in [-0.1, -0.05) is 63.7 Å². The van der Waals surface area contributed by atoms with Crippen molar-refractivity contribution in [1.29, 1.82) is 0 Å². The molecule has 3 nitrogen and oxygen atoms in total. The number of aliphatic hydroxyl groups excluding tert-OH is 1. The van der Waals surface area contributed by atoms with E-state index in [0.29, 0.717) is 6.42 Å². The van der Waals surface area contributed by atoms with Crippen LogP contribution in [0.25, 0.3) is 0 Å². The summed E-state index contributed by atoms with van der Waals surface area (Å²) in [6, 6.07) is 0. The van der Waals surface area contributed by atoms with Gasteiger partial charge in [-0.2, -0.15) is 0 Å². The van der Waals surface area contributed by atoms with Crippen molar-refractivity contribution in [3.8, 4) is 12.3 Å². The minimum Gasteiger partial charge on any atom is -0.392 e. The molecule has 0 heterocycles. The van der Waals surface area contributed by atoms with Crippen LogP contribution in [-0.4, -0.2) is 39.9 Å². The highest BCUT2D eigenvalue weighted by Gasteiger charge is 2.80. The summed E-state index contributed by atoms with van der Waals surface area (Å²) in [4.78, 5) is 0. The zero-order valence-corrected chi connectivity index (χ0v) is 17.3. The standard InChI is InChI=1S/C13H14Br4O3/c1-4-5-8(18)7-6-11(16)9(14)10(15)12(7,17)13(11,19-2)20-3/h1,7-8,18H,5-6H2,2-3H3/t7-,8-,11-,12+/m1/s1. The highest BCUT2D eigenvalue weighted by molar-refractivity contribution is 9.16. The fourth-order valence-corrected chi connectivity index (χ4v) is 8.29. The van der Waals surface area contributed by atoms with E-state index in [-0.39, 0.29) is 12.3 Å². The van der Waals surface area contributed by atoms with E-state index in [1.807, 2.05) is 0 Å². The molecule has 0 saturated heterocycles. The molecule has 2 aliphatic carbocycles. The Bertz CT molecular complexity index is 496. The van der Waals surface area contributed by atoms with Crippen LogP contribution in [0.5, 0.6) is 0 Å². The molecule has 1 fully saturated rings. The summed E-state index contributed by atoms with van der Waals surface area (Å²) in [5.41, 5.74) is 0. The molecule has 2 aliphatic rings. The Morgan fingerprint density at radius 1 is 1.35 bits per heavy atom. The summed E-state index contributed by atoms with van der Waals surface area (Å²) in [6.07, 6.45) is 5.58. The molecule has 0 aromatic rings. The number of hydrogen-bond acceptors (Lipinski definition) is 3. The van der Waals surface area contributed by atoms with Crippen molar-refractivity contribution in [2.45, 2.75) is 33.4 Å². The van der Waals surface area contributed by atoms with E-state index in [0.717, 1.165) is 8.96 Å². The third kappa shape index (κ3) is 1.79. The summed E-state index contributed by atoms with van der Waals surface area (Å²) in [5.74, 6) is 1.37. The van der Waals surface area contributed by atoms with Gasteiger partial charge in [0.1, 0.15) is 8.65 Å². The van der Waals surface area contributed by atoms with Gasteiger partial charge in [0.2, 0.25) is 5.79 Å². The highest BCUT2D eigenvalue weighted by atomic mass is 79.9. The first-order valence-electron chi connectivity index (χ1n) is 5.92. The van der Waals surface area contributed by atoms with Crippen LogP contribution >= 0.6 is 63.7 Å². The number of alkyl halides is 2. The van der Waals surface area contributed by atoms with E-state index >= 15 is 0 Å². The molecule has 0 unspecified atom stereocenters. The number of ether oxygens (including phenoxy) is 2. The van der Waals surface area contributed by atoms with E-state index in [1.165, 1.54) is 0 Å². The number of halogens is 4. The van der Waals surface area contributed by atoms with Gasteiger partial charge in [-0.15, -0.1) is 12.3 Å². The number of methoxy groups -OCH3 is 2. The summed E-state index contributed by atoms with van der Waals surface area (Å²) in [5, 5.41) is 10.4. The van der Waals surface area contributed by atoms with E-state index in [2.05, 4.69) is 69.6 Å². The van der Waals surface area contributed by atoms with E-state index in [1.54, 1.807) is 14.2 Å². The summed E-state index contributed by atoms with van der Waals surface area (Å²) in [6.45, 7) is 0. The van der Waals surface area contributed by atoms with Crippen LogP contribution < -0.4 is 0 Å². The van der Waals surface area contributed by atoms with Crippen molar-refractivity contribution in [3.63, 3.8) is 0 Å². The quantitative estimate of drug-likeness (QED) is 0.338. The second-order valence-corrected chi connectivity index (χ2v) is 9.14. The maximum absolute atomic E-state index is 10.4. The molecule has 0 aromatic heterocycles. The molecule has 0 radical (unpaired) electrons. The first-order valence-corrected chi connectivity index (χ1v) is 9.10. The Morgan fingerprint density at radius 2 is 1.90 bits per heavy atom. The average Bonchev–Trinajstić information content (AvgIpc) is 2.70. The Hall–Kier alpha value is 1.10. The van der Waals surface area contributed by atoms with Crippen LogP contribution in [-0.2, 0) is 9.47 Å². The zero-order valence-electron chi connectivity index (χ0n) is 10.9. The maximum atomic E-state index is 10.4. The lowest BCUT2D eigenvalue weighted by Gasteiger charge is -2.42. The smallest absolute Gasteiger partial charge is 0.208 e. The molecule has 20 heavy (non-hydrogen) atoms. The number of rotatable bonds is 4. The largest absolute Gasteiger partial charge is 0.392 e. The lowest BCUT2D eigenvalue weighted by atomic mass is 9.86. The molecule has 2 rings (SSSR count). The zero-order chi connectivity index (χ0) is 15.3. The monoisotopic (exact) mass is 534 g/mol. The number of hydrogen-bond donors (Lipinski definition) is 1. The van der Waals surface area contributed by atoms with Crippen molar-refractivity contribution in [2.75, 3.05) is 14.2 Å². The van der Waals surface area contributed by atoms with Crippen molar-refractivity contribution in [1.82, 2.24) is 0 Å². The van der Waals surface area contributed by atoms with Crippen LogP contribution in [0.2, 0.25) is 0 Å². The Balaban J connectivity index is 2.61. The third-order valence-electron chi connectivity index (χ3n) is 4.24. The third-order valence-corrected chi connectivity index (χ3v) is 10.7. The molecule has 2 bridgehead atoms. The molecule has 112 valence electrons. The van der Waals surface area contributed by atoms with E-state index in [9.17, 15) is 5.11 Å². The Morgan fingerprint density at radius 3 is 2.30 bits per heavy atom. The molecule has 0 spiro atoms. The number of fused-ring (bicyclic) bond motifs is 2. The molecule has 0 aromatic carbocycles. The Labute approximate surface area is 152 Å². The number of aliphatic hydroxyl groups is 1. The summed E-state index contributed by atoms with van der Waals surface area (Å²) in [7, 11) is 3.19. The van der Waals surface area contributed by atoms with Crippen LogP contribution in [0.1, 0.15) is 12.8 Å². The van der Waals surface area contributed by atoms with Gasteiger partial charge in [0.15, 0.2) is 0 Å². The van der Waals surface area contributed by atoms with Gasteiger partial charge in [-0.3, -0.25) is 0 Å². The molecule has 1 saturated carbocycles. The van der Waals surface area contributed by atoms with Gasteiger partial charge in [0.05, 0.1) is 6.10 Å².